The van der Waals surface area contributed by atoms with Crippen LogP contribution in [0.5, 0.6) is 5.75 Å². The molecule has 2 aliphatic carbocycles. The predicted octanol–water partition coefficient (Wildman–Crippen LogP) is 6.05. The molecule has 4 rings (SSSR count). The number of aliphatic hydroxyl groups excluding tert-OH is 1. The Kier molecular flexibility index (Phi) is 8.57. The van der Waals surface area contributed by atoms with E-state index in [1.807, 2.05) is 26.0 Å². The van der Waals surface area contributed by atoms with E-state index in [2.05, 4.69) is 18.5 Å². The molecule has 1 aromatic carbocycles. The van der Waals surface area contributed by atoms with Gasteiger partial charge < -0.3 is 24.2 Å². The molecule has 0 aromatic heterocycles. The minimum Gasteiger partial charge on any atom is -0.481 e. The zero-order chi connectivity index (χ0) is 26.5. The molecule has 1 N–H and O–H groups in total. The molecule has 0 spiro atoms. The number of hydrogen-bond acceptors (Lipinski definition) is 8. The van der Waals surface area contributed by atoms with Gasteiger partial charge in [-0.3, -0.25) is 10.1 Å². The molecule has 1 saturated carbocycles. The zero-order valence-electron chi connectivity index (χ0n) is 21.2. The lowest BCUT2D eigenvalue weighted by Gasteiger charge is -2.58. The van der Waals surface area contributed by atoms with Crippen molar-refractivity contribution in [1.29, 1.82) is 0 Å². The van der Waals surface area contributed by atoms with Gasteiger partial charge in [-0.05, 0) is 68.1 Å². The first-order chi connectivity index (χ1) is 17.2. The quantitative estimate of drug-likeness (QED) is 0.172. The fourth-order valence-corrected chi connectivity index (χ4v) is 5.44. The highest BCUT2D eigenvalue weighted by atomic mass is 16.7. The molecule has 1 heterocycles. The maximum absolute atomic E-state index is 12.4. The van der Waals surface area contributed by atoms with Crippen LogP contribution in [0.2, 0.25) is 0 Å². The number of rotatable bonds is 5. The summed E-state index contributed by atoms with van der Waals surface area (Å²) < 4.78 is 15.6. The maximum Gasteiger partial charge on any atom is 0.519 e. The van der Waals surface area contributed by atoms with E-state index in [4.69, 9.17) is 14.2 Å². The summed E-state index contributed by atoms with van der Waals surface area (Å²) in [5.41, 5.74) is 1.70. The first-order valence-electron chi connectivity index (χ1n) is 12.1. The van der Waals surface area contributed by atoms with Gasteiger partial charge in [-0.25, -0.2) is 4.79 Å². The summed E-state index contributed by atoms with van der Waals surface area (Å²) in [7, 11) is 3.53. The summed E-state index contributed by atoms with van der Waals surface area (Å²) in [6.07, 6.45) is 7.42. The van der Waals surface area contributed by atoms with Crippen molar-refractivity contribution in [3.8, 4) is 5.75 Å². The van der Waals surface area contributed by atoms with Crippen LogP contribution in [-0.4, -0.2) is 47.8 Å². The van der Waals surface area contributed by atoms with Crippen LogP contribution >= 0.6 is 0 Å². The van der Waals surface area contributed by atoms with E-state index in [1.54, 1.807) is 0 Å². The van der Waals surface area contributed by atoms with Gasteiger partial charge in [0.05, 0.1) is 12.0 Å². The molecule has 194 valence electrons. The summed E-state index contributed by atoms with van der Waals surface area (Å²) in [4.78, 5) is 25.1. The van der Waals surface area contributed by atoms with Gasteiger partial charge in [0.25, 0.3) is 11.6 Å². The standard InChI is InChI=1S/C25H28N2O7.C2H6/c1-16-17(4-11-23(28)32-3)14-22-21-10-9-20(15-25(16,21)12-13-26(22)2)34-24(29)33-19-7-5-18(6-8-19)27(30)31;1-2/h4-9,11,21-22,28H,1,10,12-15H2,2-3H3;1-2H3/b17-4-,23-11+;. The summed E-state index contributed by atoms with van der Waals surface area (Å²) in [5.74, 6) is 0.873. The molecule has 3 aliphatic rings. The van der Waals surface area contributed by atoms with E-state index in [0.29, 0.717) is 24.1 Å². The normalized spacial score (nSPS) is 26.7. The summed E-state index contributed by atoms with van der Waals surface area (Å²) in [6.45, 7) is 9.34. The largest absolute Gasteiger partial charge is 0.519 e. The number of non-ortho nitro benzene ring substituents is 1. The Morgan fingerprint density at radius 3 is 2.61 bits per heavy atom. The van der Waals surface area contributed by atoms with E-state index in [-0.39, 0.29) is 22.8 Å². The first kappa shape index (κ1) is 27.0. The van der Waals surface area contributed by atoms with Crippen LogP contribution in [0.25, 0.3) is 0 Å². The van der Waals surface area contributed by atoms with Gasteiger partial charge in [0, 0.05) is 36.1 Å². The SMILES string of the molecule is C=C1/C(=C\C=C(/O)OC)CC2C3CC=C(OC(=O)Oc4ccc([N+](=O)[O-])cc4)CC13CCN2C.CC. The highest BCUT2D eigenvalue weighted by Crippen LogP contribution is 2.59. The third kappa shape index (κ3) is 5.46. The number of hydrogen-bond donors (Lipinski definition) is 1. The number of allylic oxidation sites excluding steroid dienone is 5. The number of nitro groups is 1. The number of ether oxygens (including phenoxy) is 3. The van der Waals surface area contributed by atoms with Crippen molar-refractivity contribution in [1.82, 2.24) is 4.90 Å². The topological polar surface area (TPSA) is 111 Å². The Labute approximate surface area is 211 Å². The van der Waals surface area contributed by atoms with Crippen LogP contribution in [0.4, 0.5) is 10.5 Å². The zero-order valence-corrected chi connectivity index (χ0v) is 21.2. The van der Waals surface area contributed by atoms with Crippen LogP contribution < -0.4 is 4.74 Å². The lowest BCUT2D eigenvalue weighted by Crippen LogP contribution is -2.57. The Morgan fingerprint density at radius 1 is 1.28 bits per heavy atom. The Morgan fingerprint density at radius 2 is 1.97 bits per heavy atom. The van der Waals surface area contributed by atoms with E-state index in [1.165, 1.54) is 37.5 Å². The molecule has 9 nitrogen and oxygen atoms in total. The molecule has 1 aliphatic heterocycles. The number of piperidine rings is 1. The fourth-order valence-electron chi connectivity index (χ4n) is 5.44. The van der Waals surface area contributed by atoms with Gasteiger partial charge in [-0.15, -0.1) is 0 Å². The van der Waals surface area contributed by atoms with E-state index in [9.17, 15) is 20.0 Å². The van der Waals surface area contributed by atoms with Crippen molar-refractivity contribution in [3.63, 3.8) is 0 Å². The van der Waals surface area contributed by atoms with Gasteiger partial charge >= 0.3 is 6.16 Å². The first-order valence-corrected chi connectivity index (χ1v) is 12.1. The second kappa shape index (κ2) is 11.4. The summed E-state index contributed by atoms with van der Waals surface area (Å²) in [5, 5.41) is 20.5. The highest BCUT2D eigenvalue weighted by molar-refractivity contribution is 5.65. The molecule has 9 heteroatoms. The average Bonchev–Trinajstić information content (AvgIpc) is 2.88. The second-order valence-corrected chi connectivity index (χ2v) is 8.93. The number of nitro benzene ring substituents is 1. The van der Waals surface area contributed by atoms with Crippen molar-refractivity contribution in [2.75, 3.05) is 20.7 Å². The molecule has 1 aromatic rings. The molecule has 2 fully saturated rings. The number of aliphatic hydroxyl groups is 1. The van der Waals surface area contributed by atoms with Crippen molar-refractivity contribution >= 4 is 11.8 Å². The highest BCUT2D eigenvalue weighted by Gasteiger charge is 2.54. The maximum atomic E-state index is 12.4. The van der Waals surface area contributed by atoms with E-state index < -0.39 is 11.1 Å². The van der Waals surface area contributed by atoms with Gasteiger partial charge in [-0.1, -0.05) is 26.5 Å². The molecule has 0 amide bonds. The smallest absolute Gasteiger partial charge is 0.481 e. The molecular formula is C27H34N2O7. The van der Waals surface area contributed by atoms with Crippen molar-refractivity contribution in [3.05, 3.63) is 82.0 Å². The van der Waals surface area contributed by atoms with E-state index in [0.717, 1.165) is 37.0 Å². The van der Waals surface area contributed by atoms with Crippen LogP contribution in [0.3, 0.4) is 0 Å². The minimum absolute atomic E-state index is 0.0917. The lowest BCUT2D eigenvalue weighted by atomic mass is 9.52. The number of carbonyl (C=O) groups is 1. The minimum atomic E-state index is -0.885. The summed E-state index contributed by atoms with van der Waals surface area (Å²) >= 11 is 0. The number of methoxy groups -OCH3 is 1. The van der Waals surface area contributed by atoms with Crippen LogP contribution in [0.1, 0.15) is 39.5 Å². The summed E-state index contributed by atoms with van der Waals surface area (Å²) in [6, 6.07) is 5.55. The van der Waals surface area contributed by atoms with Gasteiger partial charge in [0.15, 0.2) is 0 Å². The number of carbonyl (C=O) groups excluding carboxylic acids is 1. The van der Waals surface area contributed by atoms with E-state index >= 15 is 0 Å². The second-order valence-electron chi connectivity index (χ2n) is 8.93. The monoisotopic (exact) mass is 498 g/mol. The van der Waals surface area contributed by atoms with Crippen LogP contribution in [0.15, 0.2) is 71.9 Å². The fraction of sp³-hybridized carbons (Fsp3) is 0.444. The molecule has 1 saturated heterocycles. The van der Waals surface area contributed by atoms with Crippen molar-refractivity contribution in [2.24, 2.45) is 11.3 Å². The van der Waals surface area contributed by atoms with Crippen LogP contribution in [-0.2, 0) is 9.47 Å². The molecular weight excluding hydrogens is 464 g/mol. The van der Waals surface area contributed by atoms with Gasteiger partial charge in [0.2, 0.25) is 0 Å². The van der Waals surface area contributed by atoms with Crippen molar-refractivity contribution in [2.45, 2.75) is 45.6 Å². The van der Waals surface area contributed by atoms with Gasteiger partial charge in [-0.2, -0.15) is 0 Å². The Balaban J connectivity index is 0.00000176. The average molecular weight is 499 g/mol. The molecule has 0 radical (unpaired) electrons. The Hall–Kier alpha value is -3.59. The van der Waals surface area contributed by atoms with Gasteiger partial charge in [0.1, 0.15) is 11.5 Å². The Bertz CT molecular complexity index is 1090. The molecule has 2 bridgehead atoms. The third-order valence-corrected chi connectivity index (χ3v) is 7.26. The molecule has 3 unspecified atom stereocenters. The number of nitrogens with zero attached hydrogens (tertiary/aromatic N) is 2. The predicted molar refractivity (Wildman–Crippen MR) is 135 cm³/mol. The molecule has 3 atom stereocenters. The lowest BCUT2D eigenvalue weighted by molar-refractivity contribution is -0.384. The third-order valence-electron chi connectivity index (χ3n) is 7.26. The molecule has 36 heavy (non-hydrogen) atoms. The van der Waals surface area contributed by atoms with Crippen molar-refractivity contribution < 1.29 is 29.0 Å². The number of likely N-dealkylation sites (tertiary alicyclic amines) is 1. The number of benzene rings is 1. The van der Waals surface area contributed by atoms with Crippen LogP contribution in [0, 0.1) is 21.4 Å².